The standard InChI is InChI=1S/C18H18N2O/c21-13-18(14-5-2-1-3-6-14)20-12-16-8-4-7-15-11-19-10-9-17(15)16/h1-11,18,20-21H,12-13H2/t18-/m1/s1. The van der Waals surface area contributed by atoms with Crippen LogP contribution in [0.4, 0.5) is 0 Å². The first kappa shape index (κ1) is 13.7. The highest BCUT2D eigenvalue weighted by Crippen LogP contribution is 2.19. The first-order valence-corrected chi connectivity index (χ1v) is 7.09. The van der Waals surface area contributed by atoms with E-state index in [9.17, 15) is 5.11 Å². The van der Waals surface area contributed by atoms with Gasteiger partial charge in [0.15, 0.2) is 0 Å². The van der Waals surface area contributed by atoms with E-state index in [1.807, 2.05) is 54.9 Å². The van der Waals surface area contributed by atoms with E-state index in [4.69, 9.17) is 0 Å². The first-order chi connectivity index (χ1) is 10.4. The van der Waals surface area contributed by atoms with Gasteiger partial charge in [-0.25, -0.2) is 0 Å². The van der Waals surface area contributed by atoms with Crippen LogP contribution >= 0.6 is 0 Å². The molecule has 0 radical (unpaired) electrons. The van der Waals surface area contributed by atoms with Crippen LogP contribution in [0.25, 0.3) is 10.8 Å². The summed E-state index contributed by atoms with van der Waals surface area (Å²) in [5.41, 5.74) is 2.31. The third-order valence-electron chi connectivity index (χ3n) is 3.69. The maximum Gasteiger partial charge on any atom is 0.0626 e. The Kier molecular flexibility index (Phi) is 4.24. The summed E-state index contributed by atoms with van der Waals surface area (Å²) in [4.78, 5) is 4.15. The lowest BCUT2D eigenvalue weighted by atomic mass is 10.0. The van der Waals surface area contributed by atoms with Gasteiger partial charge < -0.3 is 10.4 Å². The number of nitrogens with one attached hydrogen (secondary N) is 1. The monoisotopic (exact) mass is 278 g/mol. The van der Waals surface area contributed by atoms with Gasteiger partial charge in [0.1, 0.15) is 0 Å². The number of aliphatic hydroxyl groups is 1. The molecule has 2 aromatic carbocycles. The molecule has 0 spiro atoms. The Labute approximate surface area is 124 Å². The molecule has 0 unspecified atom stereocenters. The van der Waals surface area contributed by atoms with Crippen molar-refractivity contribution in [2.24, 2.45) is 0 Å². The van der Waals surface area contributed by atoms with Crippen molar-refractivity contribution in [3.05, 3.63) is 78.1 Å². The van der Waals surface area contributed by atoms with E-state index in [0.29, 0.717) is 6.54 Å². The Morgan fingerprint density at radius 2 is 1.86 bits per heavy atom. The number of benzene rings is 2. The molecule has 0 saturated heterocycles. The number of aliphatic hydroxyl groups excluding tert-OH is 1. The van der Waals surface area contributed by atoms with Gasteiger partial charge >= 0.3 is 0 Å². The molecule has 0 aliphatic heterocycles. The van der Waals surface area contributed by atoms with Crippen molar-refractivity contribution in [1.82, 2.24) is 10.3 Å². The number of hydrogen-bond acceptors (Lipinski definition) is 3. The van der Waals surface area contributed by atoms with E-state index in [1.54, 1.807) is 0 Å². The fraction of sp³-hybridized carbons (Fsp3) is 0.167. The lowest BCUT2D eigenvalue weighted by Gasteiger charge is -2.17. The van der Waals surface area contributed by atoms with E-state index in [0.717, 1.165) is 10.9 Å². The summed E-state index contributed by atoms with van der Waals surface area (Å²) < 4.78 is 0. The fourth-order valence-corrected chi connectivity index (χ4v) is 2.55. The largest absolute Gasteiger partial charge is 0.394 e. The number of hydrogen-bond donors (Lipinski definition) is 2. The molecule has 0 aliphatic carbocycles. The quantitative estimate of drug-likeness (QED) is 0.754. The molecule has 1 atom stereocenters. The van der Waals surface area contributed by atoms with Crippen molar-refractivity contribution >= 4 is 10.8 Å². The highest BCUT2D eigenvalue weighted by Gasteiger charge is 2.09. The van der Waals surface area contributed by atoms with E-state index in [2.05, 4.69) is 22.4 Å². The molecule has 3 aromatic rings. The highest BCUT2D eigenvalue weighted by atomic mass is 16.3. The summed E-state index contributed by atoms with van der Waals surface area (Å²) in [6, 6.07) is 18.2. The summed E-state index contributed by atoms with van der Waals surface area (Å²) in [7, 11) is 0. The Morgan fingerprint density at radius 1 is 1.00 bits per heavy atom. The van der Waals surface area contributed by atoms with Crippen molar-refractivity contribution < 1.29 is 5.11 Å². The molecule has 0 saturated carbocycles. The summed E-state index contributed by atoms with van der Waals surface area (Å²) in [5.74, 6) is 0. The van der Waals surface area contributed by atoms with Crippen molar-refractivity contribution in [2.75, 3.05) is 6.61 Å². The van der Waals surface area contributed by atoms with Gasteiger partial charge in [-0.1, -0.05) is 48.5 Å². The van der Waals surface area contributed by atoms with Crippen LogP contribution in [-0.2, 0) is 6.54 Å². The minimum atomic E-state index is -0.0525. The molecular weight excluding hydrogens is 260 g/mol. The number of pyridine rings is 1. The van der Waals surface area contributed by atoms with Gasteiger partial charge in [0.25, 0.3) is 0 Å². The van der Waals surface area contributed by atoms with Gasteiger partial charge in [0, 0.05) is 24.3 Å². The molecule has 3 rings (SSSR count). The lowest BCUT2D eigenvalue weighted by molar-refractivity contribution is 0.244. The average Bonchev–Trinajstić information content (AvgIpc) is 2.56. The molecule has 0 bridgehead atoms. The van der Waals surface area contributed by atoms with Crippen molar-refractivity contribution in [3.8, 4) is 0 Å². The van der Waals surface area contributed by atoms with Crippen molar-refractivity contribution in [1.29, 1.82) is 0 Å². The summed E-state index contributed by atoms with van der Waals surface area (Å²) in [5, 5.41) is 15.4. The predicted molar refractivity (Wildman–Crippen MR) is 84.9 cm³/mol. The summed E-state index contributed by atoms with van der Waals surface area (Å²) in [6.07, 6.45) is 3.69. The van der Waals surface area contributed by atoms with Crippen molar-refractivity contribution in [2.45, 2.75) is 12.6 Å². The number of nitrogens with zero attached hydrogens (tertiary/aromatic N) is 1. The van der Waals surface area contributed by atoms with E-state index >= 15 is 0 Å². The minimum Gasteiger partial charge on any atom is -0.394 e. The number of aromatic nitrogens is 1. The SMILES string of the molecule is OC[C@@H](NCc1cccc2cnccc12)c1ccccc1. The molecule has 0 amide bonds. The van der Waals surface area contributed by atoms with Gasteiger partial charge in [0.2, 0.25) is 0 Å². The smallest absolute Gasteiger partial charge is 0.0626 e. The zero-order valence-electron chi connectivity index (χ0n) is 11.7. The Bertz CT molecular complexity index is 707. The van der Waals surface area contributed by atoms with Gasteiger partial charge in [-0.05, 0) is 22.6 Å². The van der Waals surface area contributed by atoms with Crippen LogP contribution in [0.1, 0.15) is 17.2 Å². The van der Waals surface area contributed by atoms with Gasteiger partial charge in [0.05, 0.1) is 12.6 Å². The second-order valence-electron chi connectivity index (χ2n) is 5.04. The summed E-state index contributed by atoms with van der Waals surface area (Å²) in [6.45, 7) is 0.789. The maximum atomic E-state index is 9.60. The molecule has 0 fully saturated rings. The van der Waals surface area contributed by atoms with Gasteiger partial charge in [-0.3, -0.25) is 4.98 Å². The predicted octanol–water partition coefficient (Wildman–Crippen LogP) is 3.06. The third-order valence-corrected chi connectivity index (χ3v) is 3.69. The van der Waals surface area contributed by atoms with Gasteiger partial charge in [-0.15, -0.1) is 0 Å². The van der Waals surface area contributed by atoms with Crippen LogP contribution in [0.5, 0.6) is 0 Å². The zero-order chi connectivity index (χ0) is 14.5. The molecule has 3 nitrogen and oxygen atoms in total. The fourth-order valence-electron chi connectivity index (χ4n) is 2.55. The number of fused-ring (bicyclic) bond motifs is 1. The lowest BCUT2D eigenvalue weighted by Crippen LogP contribution is -2.24. The molecule has 1 aromatic heterocycles. The normalized spacial score (nSPS) is 12.4. The maximum absolute atomic E-state index is 9.60. The molecule has 1 heterocycles. The van der Waals surface area contributed by atoms with Crippen LogP contribution < -0.4 is 5.32 Å². The molecule has 21 heavy (non-hydrogen) atoms. The second-order valence-corrected chi connectivity index (χ2v) is 5.04. The molecule has 2 N–H and O–H groups in total. The average molecular weight is 278 g/mol. The van der Waals surface area contributed by atoms with E-state index in [1.165, 1.54) is 10.9 Å². The van der Waals surface area contributed by atoms with E-state index < -0.39 is 0 Å². The minimum absolute atomic E-state index is 0.0525. The zero-order valence-corrected chi connectivity index (χ0v) is 11.7. The van der Waals surface area contributed by atoms with Crippen LogP contribution in [-0.4, -0.2) is 16.7 Å². The summed E-state index contributed by atoms with van der Waals surface area (Å²) >= 11 is 0. The number of rotatable bonds is 5. The molecule has 106 valence electrons. The Morgan fingerprint density at radius 3 is 2.67 bits per heavy atom. The van der Waals surface area contributed by atoms with Crippen LogP contribution in [0, 0.1) is 0 Å². The molecular formula is C18H18N2O. The van der Waals surface area contributed by atoms with E-state index in [-0.39, 0.29) is 12.6 Å². The molecule has 3 heteroatoms. The van der Waals surface area contributed by atoms with Crippen LogP contribution in [0.2, 0.25) is 0 Å². The highest BCUT2D eigenvalue weighted by molar-refractivity contribution is 5.84. The van der Waals surface area contributed by atoms with Crippen LogP contribution in [0.3, 0.4) is 0 Å². The second kappa shape index (κ2) is 6.48. The Balaban J connectivity index is 1.79. The topological polar surface area (TPSA) is 45.1 Å². The molecule has 0 aliphatic rings. The van der Waals surface area contributed by atoms with Crippen molar-refractivity contribution in [3.63, 3.8) is 0 Å². The van der Waals surface area contributed by atoms with Crippen LogP contribution in [0.15, 0.2) is 67.0 Å². The Hall–Kier alpha value is -2.23. The third kappa shape index (κ3) is 3.10. The first-order valence-electron chi connectivity index (χ1n) is 7.09. The van der Waals surface area contributed by atoms with Gasteiger partial charge in [-0.2, -0.15) is 0 Å².